The molecule has 0 spiro atoms. The molecule has 6 nitrogen and oxygen atoms in total. The molecule has 0 bridgehead atoms. The molecule has 1 saturated heterocycles. The molecule has 1 atom stereocenters. The number of aliphatic hydroxyl groups excluding tert-OH is 2. The zero-order valence-electron chi connectivity index (χ0n) is 16.6. The topological polar surface area (TPSA) is 98.8 Å². The van der Waals surface area contributed by atoms with Gasteiger partial charge in [-0.15, -0.1) is 0 Å². The molecule has 2 aromatic rings. The molecule has 156 valence electrons. The summed E-state index contributed by atoms with van der Waals surface area (Å²) in [5.74, 6) is -0.370. The number of anilines is 2. The highest BCUT2D eigenvalue weighted by atomic mass is 35.5. The third-order valence-electron chi connectivity index (χ3n) is 5.43. The van der Waals surface area contributed by atoms with Gasteiger partial charge < -0.3 is 26.2 Å². The van der Waals surface area contributed by atoms with Gasteiger partial charge in [-0.1, -0.05) is 29.8 Å². The van der Waals surface area contributed by atoms with Crippen LogP contribution >= 0.6 is 11.6 Å². The lowest BCUT2D eigenvalue weighted by molar-refractivity contribution is -0.117. The van der Waals surface area contributed by atoms with Gasteiger partial charge in [0.05, 0.1) is 19.1 Å². The van der Waals surface area contributed by atoms with Crippen molar-refractivity contribution in [3.8, 4) is 0 Å². The number of carbonyl (C=O) groups is 1. The van der Waals surface area contributed by atoms with Crippen LogP contribution in [0.3, 0.4) is 0 Å². The molecular formula is C22H28ClN3O3. The maximum absolute atomic E-state index is 11.5. The Labute approximate surface area is 176 Å². The zero-order chi connectivity index (χ0) is 21.0. The Kier molecular flexibility index (Phi) is 7.00. The molecule has 29 heavy (non-hydrogen) atoms. The number of halogens is 1. The first-order valence-electron chi connectivity index (χ1n) is 9.88. The van der Waals surface area contributed by atoms with E-state index in [1.54, 1.807) is 13.0 Å². The van der Waals surface area contributed by atoms with Crippen LogP contribution in [0.25, 0.3) is 0 Å². The molecule has 1 amide bonds. The van der Waals surface area contributed by atoms with Crippen LogP contribution in [0.15, 0.2) is 36.4 Å². The van der Waals surface area contributed by atoms with Crippen LogP contribution in [0, 0.1) is 0 Å². The lowest BCUT2D eigenvalue weighted by atomic mass is 9.98. The van der Waals surface area contributed by atoms with Gasteiger partial charge in [0.25, 0.3) is 0 Å². The number of hydrogen-bond acceptors (Lipinski definition) is 5. The van der Waals surface area contributed by atoms with Crippen molar-refractivity contribution >= 4 is 28.9 Å². The van der Waals surface area contributed by atoms with Crippen molar-refractivity contribution in [3.63, 3.8) is 0 Å². The van der Waals surface area contributed by atoms with Crippen LogP contribution in [0.5, 0.6) is 0 Å². The summed E-state index contributed by atoms with van der Waals surface area (Å²) in [6.45, 7) is 3.24. The van der Waals surface area contributed by atoms with Crippen molar-refractivity contribution in [2.75, 3.05) is 23.3 Å². The van der Waals surface area contributed by atoms with Gasteiger partial charge in [0.2, 0.25) is 5.91 Å². The van der Waals surface area contributed by atoms with Crippen LogP contribution in [0.4, 0.5) is 11.4 Å². The van der Waals surface area contributed by atoms with E-state index in [-0.39, 0.29) is 25.0 Å². The minimum absolute atomic E-state index is 0.108. The Hall–Kier alpha value is -2.28. The summed E-state index contributed by atoms with van der Waals surface area (Å²) in [5.41, 5.74) is 9.66. The number of amides is 1. The number of primary amides is 1. The van der Waals surface area contributed by atoms with Crippen molar-refractivity contribution in [1.29, 1.82) is 0 Å². The summed E-state index contributed by atoms with van der Waals surface area (Å²) in [7, 11) is 0. The van der Waals surface area contributed by atoms with Gasteiger partial charge >= 0.3 is 0 Å². The summed E-state index contributed by atoms with van der Waals surface area (Å²) in [5, 5.41) is 23.6. The minimum atomic E-state index is -0.574. The quantitative estimate of drug-likeness (QED) is 0.555. The maximum atomic E-state index is 11.5. The van der Waals surface area contributed by atoms with Crippen LogP contribution in [0.2, 0.25) is 5.02 Å². The summed E-state index contributed by atoms with van der Waals surface area (Å²) < 4.78 is 0. The number of carbonyl (C=O) groups excluding carboxylic acids is 1. The molecule has 0 aliphatic carbocycles. The summed E-state index contributed by atoms with van der Waals surface area (Å²) in [6, 6.07) is 11.5. The normalized spacial score (nSPS) is 15.9. The molecule has 1 heterocycles. The highest BCUT2D eigenvalue weighted by Crippen LogP contribution is 2.30. The number of piperidine rings is 1. The number of nitrogens with zero attached hydrogens (tertiary/aromatic N) is 1. The molecule has 7 heteroatoms. The molecule has 0 radical (unpaired) electrons. The molecule has 1 fully saturated rings. The predicted octanol–water partition coefficient (Wildman–Crippen LogP) is 2.99. The minimum Gasteiger partial charge on any atom is -0.392 e. The Morgan fingerprint density at radius 3 is 2.66 bits per heavy atom. The van der Waals surface area contributed by atoms with Crippen LogP contribution in [-0.4, -0.2) is 35.3 Å². The largest absolute Gasteiger partial charge is 0.392 e. The molecule has 1 aliphatic rings. The molecule has 3 rings (SSSR count). The Bertz CT molecular complexity index is 864. The van der Waals surface area contributed by atoms with Gasteiger partial charge in [-0.25, -0.2) is 0 Å². The second kappa shape index (κ2) is 9.48. The van der Waals surface area contributed by atoms with E-state index in [0.29, 0.717) is 10.6 Å². The first kappa shape index (κ1) is 21.4. The fourth-order valence-electron chi connectivity index (χ4n) is 3.81. The van der Waals surface area contributed by atoms with Crippen LogP contribution in [-0.2, 0) is 17.8 Å². The average molecular weight is 418 g/mol. The number of rotatable bonds is 7. The van der Waals surface area contributed by atoms with E-state index in [9.17, 15) is 15.0 Å². The van der Waals surface area contributed by atoms with Crippen molar-refractivity contribution < 1.29 is 15.0 Å². The van der Waals surface area contributed by atoms with Gasteiger partial charge in [-0.05, 0) is 49.1 Å². The van der Waals surface area contributed by atoms with Crippen molar-refractivity contribution in [2.45, 2.75) is 44.9 Å². The molecule has 2 aromatic carbocycles. The lowest BCUT2D eigenvalue weighted by Crippen LogP contribution is -2.40. The smallest absolute Gasteiger partial charge is 0.221 e. The summed E-state index contributed by atoms with van der Waals surface area (Å²) in [6.07, 6.45) is 1.39. The Balaban J connectivity index is 1.73. The van der Waals surface area contributed by atoms with E-state index in [1.165, 1.54) is 0 Å². The van der Waals surface area contributed by atoms with Gasteiger partial charge in [0.15, 0.2) is 0 Å². The van der Waals surface area contributed by atoms with Gasteiger partial charge in [-0.2, -0.15) is 0 Å². The summed E-state index contributed by atoms with van der Waals surface area (Å²) in [4.78, 5) is 13.7. The number of hydrogen-bond donors (Lipinski definition) is 4. The maximum Gasteiger partial charge on any atom is 0.221 e. The monoisotopic (exact) mass is 417 g/mol. The number of aliphatic hydroxyl groups is 2. The van der Waals surface area contributed by atoms with E-state index in [1.807, 2.05) is 30.3 Å². The fourth-order valence-corrected chi connectivity index (χ4v) is 4.05. The fraction of sp³-hybridized carbons (Fsp3) is 0.409. The second-order valence-electron chi connectivity index (χ2n) is 7.54. The molecule has 5 N–H and O–H groups in total. The highest BCUT2D eigenvalue weighted by Gasteiger charge is 2.23. The third-order valence-corrected chi connectivity index (χ3v) is 5.78. The van der Waals surface area contributed by atoms with E-state index in [0.717, 1.165) is 48.4 Å². The van der Waals surface area contributed by atoms with Crippen LogP contribution in [0.1, 0.15) is 42.6 Å². The Morgan fingerprint density at radius 1 is 1.31 bits per heavy atom. The highest BCUT2D eigenvalue weighted by molar-refractivity contribution is 6.31. The lowest BCUT2D eigenvalue weighted by Gasteiger charge is -2.36. The predicted molar refractivity (Wildman–Crippen MR) is 116 cm³/mol. The van der Waals surface area contributed by atoms with E-state index >= 15 is 0 Å². The third kappa shape index (κ3) is 5.21. The molecule has 1 aliphatic heterocycles. The van der Waals surface area contributed by atoms with E-state index in [4.69, 9.17) is 17.3 Å². The van der Waals surface area contributed by atoms with E-state index in [2.05, 4.69) is 10.2 Å². The number of nitrogens with two attached hydrogens (primary N) is 1. The molecule has 1 unspecified atom stereocenters. The molecular weight excluding hydrogens is 390 g/mol. The van der Waals surface area contributed by atoms with Gasteiger partial charge in [-0.3, -0.25) is 4.79 Å². The average Bonchev–Trinajstić information content (AvgIpc) is 2.68. The standard InChI is InChI=1S/C22H28ClN3O3/c1-14(28)15-5-6-16(12-22(24)29)21(11-15)26-9-7-17(8-10-26)25-20-4-2-3-19(23)18(20)13-27/h2-6,11,14,17,25,27-28H,7-10,12-13H2,1H3,(H2,24,29). The van der Waals surface area contributed by atoms with Crippen molar-refractivity contribution in [2.24, 2.45) is 5.73 Å². The van der Waals surface area contributed by atoms with Crippen molar-refractivity contribution in [3.05, 3.63) is 58.1 Å². The zero-order valence-corrected chi connectivity index (χ0v) is 17.3. The number of benzene rings is 2. The number of nitrogens with one attached hydrogen (secondary N) is 1. The van der Waals surface area contributed by atoms with Gasteiger partial charge in [0.1, 0.15) is 0 Å². The first-order valence-corrected chi connectivity index (χ1v) is 10.3. The van der Waals surface area contributed by atoms with Crippen molar-refractivity contribution in [1.82, 2.24) is 0 Å². The first-order chi connectivity index (χ1) is 13.9. The van der Waals surface area contributed by atoms with E-state index < -0.39 is 6.10 Å². The van der Waals surface area contributed by atoms with Gasteiger partial charge in [0, 0.05) is 41.1 Å². The summed E-state index contributed by atoms with van der Waals surface area (Å²) >= 11 is 6.18. The van der Waals surface area contributed by atoms with Crippen LogP contribution < -0.4 is 16.0 Å². The molecule has 0 aromatic heterocycles. The SMILES string of the molecule is CC(O)c1ccc(CC(N)=O)c(N2CCC(Nc3cccc(Cl)c3CO)CC2)c1. The Morgan fingerprint density at radius 2 is 2.03 bits per heavy atom. The second-order valence-corrected chi connectivity index (χ2v) is 7.94. The molecule has 0 saturated carbocycles.